The van der Waals surface area contributed by atoms with E-state index < -0.39 is 29.6 Å². The van der Waals surface area contributed by atoms with Gasteiger partial charge >= 0.3 is 18.1 Å². The quantitative estimate of drug-likeness (QED) is 0.672. The first-order chi connectivity index (χ1) is 13.5. The van der Waals surface area contributed by atoms with Crippen molar-refractivity contribution in [2.45, 2.75) is 39.3 Å². The van der Waals surface area contributed by atoms with Gasteiger partial charge in [0.05, 0.1) is 36.3 Å². The molecule has 0 saturated carbocycles. The van der Waals surface area contributed by atoms with Crippen molar-refractivity contribution >= 4 is 11.9 Å². The molecule has 0 aromatic heterocycles. The predicted octanol–water partition coefficient (Wildman–Crippen LogP) is 4.41. The van der Waals surface area contributed by atoms with E-state index in [2.05, 4.69) is 0 Å². The minimum Gasteiger partial charge on any atom is -0.466 e. The number of rotatable bonds is 5. The van der Waals surface area contributed by atoms with E-state index in [1.807, 2.05) is 6.92 Å². The van der Waals surface area contributed by atoms with Gasteiger partial charge in [0, 0.05) is 18.4 Å². The second-order valence-corrected chi connectivity index (χ2v) is 6.74. The number of halogens is 3. The van der Waals surface area contributed by atoms with Crippen molar-refractivity contribution < 1.29 is 32.2 Å². The van der Waals surface area contributed by atoms with Crippen LogP contribution < -0.4 is 0 Å². The van der Waals surface area contributed by atoms with Crippen molar-refractivity contribution in [3.63, 3.8) is 0 Å². The van der Waals surface area contributed by atoms with Crippen LogP contribution in [0.1, 0.15) is 44.2 Å². The molecule has 158 valence electrons. The zero-order chi connectivity index (χ0) is 21.9. The third-order valence-electron chi connectivity index (χ3n) is 5.00. The molecular formula is C21H24F3NO4. The van der Waals surface area contributed by atoms with Crippen LogP contribution in [0.4, 0.5) is 13.2 Å². The summed E-state index contributed by atoms with van der Waals surface area (Å²) in [6.07, 6.45) is -3.88. The third-order valence-corrected chi connectivity index (χ3v) is 5.00. The second kappa shape index (κ2) is 8.71. The number of alkyl halides is 3. The molecule has 1 unspecified atom stereocenters. The van der Waals surface area contributed by atoms with Gasteiger partial charge in [0.15, 0.2) is 0 Å². The normalized spacial score (nSPS) is 17.5. The lowest BCUT2D eigenvalue weighted by Gasteiger charge is -2.35. The highest BCUT2D eigenvalue weighted by atomic mass is 19.4. The molecule has 0 aliphatic carbocycles. The maximum atomic E-state index is 13.0. The van der Waals surface area contributed by atoms with Crippen LogP contribution in [0.25, 0.3) is 0 Å². The molecule has 1 aromatic carbocycles. The largest absolute Gasteiger partial charge is 0.466 e. The van der Waals surface area contributed by atoms with Crippen molar-refractivity contribution in [1.29, 1.82) is 0 Å². The lowest BCUT2D eigenvalue weighted by Crippen LogP contribution is -2.33. The minimum atomic E-state index is -4.49. The van der Waals surface area contributed by atoms with Gasteiger partial charge < -0.3 is 14.4 Å². The Morgan fingerprint density at radius 2 is 1.55 bits per heavy atom. The SMILES string of the molecule is CCCOC(=O)C1=C(C)N(C)C(C)=C(C(=O)OC)C1c1ccc(C(F)(F)F)cc1. The summed E-state index contributed by atoms with van der Waals surface area (Å²) in [6.45, 7) is 5.44. The molecule has 1 aliphatic heterocycles. The highest BCUT2D eigenvalue weighted by Gasteiger charge is 2.40. The van der Waals surface area contributed by atoms with E-state index in [1.54, 1.807) is 25.8 Å². The molecule has 0 saturated heterocycles. The molecule has 29 heavy (non-hydrogen) atoms. The van der Waals surface area contributed by atoms with Crippen LogP contribution in [0.15, 0.2) is 46.8 Å². The average molecular weight is 411 g/mol. The van der Waals surface area contributed by atoms with Gasteiger partial charge in [-0.15, -0.1) is 0 Å². The fraction of sp³-hybridized carbons (Fsp3) is 0.429. The summed E-state index contributed by atoms with van der Waals surface area (Å²) in [5, 5.41) is 0. The third kappa shape index (κ3) is 4.46. The maximum absolute atomic E-state index is 13.0. The summed E-state index contributed by atoms with van der Waals surface area (Å²) in [5.74, 6) is -2.17. The first kappa shape index (κ1) is 22.5. The van der Waals surface area contributed by atoms with Gasteiger partial charge in [-0.1, -0.05) is 19.1 Å². The molecule has 0 amide bonds. The minimum absolute atomic E-state index is 0.184. The van der Waals surface area contributed by atoms with Gasteiger partial charge in [-0.3, -0.25) is 0 Å². The zero-order valence-corrected chi connectivity index (χ0v) is 17.0. The summed E-state index contributed by atoms with van der Waals surface area (Å²) in [4.78, 5) is 27.1. The fourth-order valence-corrected chi connectivity index (χ4v) is 3.29. The average Bonchev–Trinajstić information content (AvgIpc) is 2.68. The molecule has 5 nitrogen and oxygen atoms in total. The number of ether oxygens (including phenoxy) is 2. The van der Waals surface area contributed by atoms with E-state index in [0.29, 0.717) is 23.4 Å². The van der Waals surface area contributed by atoms with Gasteiger partial charge in [-0.2, -0.15) is 13.2 Å². The molecule has 8 heteroatoms. The first-order valence-electron chi connectivity index (χ1n) is 9.12. The fourth-order valence-electron chi connectivity index (χ4n) is 3.29. The highest BCUT2D eigenvalue weighted by Crippen LogP contribution is 2.43. The van der Waals surface area contributed by atoms with Crippen LogP contribution in [-0.2, 0) is 25.2 Å². The standard InChI is InChI=1S/C21H24F3NO4/c1-6-11-29-20(27)17-13(3)25(4)12(2)16(19(26)28-5)18(17)14-7-9-15(10-8-14)21(22,23)24/h7-10,18H,6,11H2,1-5H3. The van der Waals surface area contributed by atoms with Crippen molar-refractivity contribution in [2.24, 2.45) is 0 Å². The summed E-state index contributed by atoms with van der Waals surface area (Å²) in [6, 6.07) is 4.41. The predicted molar refractivity (Wildman–Crippen MR) is 101 cm³/mol. The Balaban J connectivity index is 2.67. The molecule has 0 radical (unpaired) electrons. The number of nitrogens with zero attached hydrogens (tertiary/aromatic N) is 1. The van der Waals surface area contributed by atoms with E-state index in [0.717, 1.165) is 12.1 Å². The summed E-state index contributed by atoms with van der Waals surface area (Å²) < 4.78 is 49.1. The smallest absolute Gasteiger partial charge is 0.416 e. The van der Waals surface area contributed by atoms with Crippen molar-refractivity contribution in [2.75, 3.05) is 20.8 Å². The first-order valence-corrected chi connectivity index (χ1v) is 9.12. The van der Waals surface area contributed by atoms with Crippen LogP contribution in [0.5, 0.6) is 0 Å². The Morgan fingerprint density at radius 1 is 1.03 bits per heavy atom. The Bertz CT molecular complexity index is 854. The van der Waals surface area contributed by atoms with E-state index in [-0.39, 0.29) is 17.8 Å². The van der Waals surface area contributed by atoms with Gasteiger partial charge in [0.1, 0.15) is 0 Å². The lowest BCUT2D eigenvalue weighted by molar-refractivity contribution is -0.140. The Morgan fingerprint density at radius 3 is 2.00 bits per heavy atom. The molecule has 0 bridgehead atoms. The number of benzene rings is 1. The van der Waals surface area contributed by atoms with Crippen LogP contribution in [0, 0.1) is 0 Å². The Labute approximate surface area is 167 Å². The van der Waals surface area contributed by atoms with Crippen molar-refractivity contribution in [3.05, 3.63) is 57.9 Å². The summed E-state index contributed by atoms with van der Waals surface area (Å²) >= 11 is 0. The number of carbonyl (C=O) groups excluding carboxylic acids is 2. The number of hydrogen-bond acceptors (Lipinski definition) is 5. The van der Waals surface area contributed by atoms with Crippen LogP contribution in [0.2, 0.25) is 0 Å². The molecule has 1 atom stereocenters. The van der Waals surface area contributed by atoms with E-state index in [1.165, 1.54) is 19.2 Å². The summed E-state index contributed by atoms with van der Waals surface area (Å²) in [7, 11) is 2.91. The molecule has 1 heterocycles. The van der Waals surface area contributed by atoms with E-state index in [9.17, 15) is 22.8 Å². The number of carbonyl (C=O) groups is 2. The second-order valence-electron chi connectivity index (χ2n) is 6.74. The Hall–Kier alpha value is -2.77. The molecule has 2 rings (SSSR count). The number of hydrogen-bond donors (Lipinski definition) is 0. The lowest BCUT2D eigenvalue weighted by atomic mass is 9.79. The monoisotopic (exact) mass is 411 g/mol. The topological polar surface area (TPSA) is 55.8 Å². The van der Waals surface area contributed by atoms with Gasteiger partial charge in [0.25, 0.3) is 0 Å². The number of allylic oxidation sites excluding steroid dienone is 2. The van der Waals surface area contributed by atoms with Crippen LogP contribution in [0.3, 0.4) is 0 Å². The highest BCUT2D eigenvalue weighted by molar-refractivity contribution is 5.99. The molecule has 0 fully saturated rings. The maximum Gasteiger partial charge on any atom is 0.416 e. The van der Waals surface area contributed by atoms with Gasteiger partial charge in [-0.05, 0) is 38.0 Å². The molecule has 1 aliphatic rings. The van der Waals surface area contributed by atoms with Crippen LogP contribution in [-0.4, -0.2) is 37.6 Å². The summed E-state index contributed by atoms with van der Waals surface area (Å²) in [5.41, 5.74) is 1.04. The van der Waals surface area contributed by atoms with Gasteiger partial charge in [-0.25, -0.2) is 9.59 Å². The number of methoxy groups -OCH3 is 1. The van der Waals surface area contributed by atoms with Crippen LogP contribution >= 0.6 is 0 Å². The van der Waals surface area contributed by atoms with Gasteiger partial charge in [0.2, 0.25) is 0 Å². The molecule has 0 N–H and O–H groups in total. The van der Waals surface area contributed by atoms with Crippen molar-refractivity contribution in [1.82, 2.24) is 4.90 Å². The molecule has 0 spiro atoms. The van der Waals surface area contributed by atoms with Crippen molar-refractivity contribution in [3.8, 4) is 0 Å². The van der Waals surface area contributed by atoms with E-state index in [4.69, 9.17) is 9.47 Å². The number of esters is 2. The molecule has 1 aromatic rings. The van der Waals surface area contributed by atoms with E-state index >= 15 is 0 Å². The molecular weight excluding hydrogens is 387 g/mol. The Kier molecular flexibility index (Phi) is 6.77. The zero-order valence-electron chi connectivity index (χ0n) is 17.0.